The number of benzene rings is 1. The van der Waals surface area contributed by atoms with Gasteiger partial charge < -0.3 is 10.2 Å². The molecule has 0 spiro atoms. The Balaban J connectivity index is 1.94. The molecule has 1 aliphatic rings. The second-order valence-electron chi connectivity index (χ2n) is 5.55. The minimum absolute atomic E-state index is 0.670. The molecule has 2 nitrogen and oxygen atoms in total. The van der Waals surface area contributed by atoms with Crippen molar-refractivity contribution in [2.75, 3.05) is 24.3 Å². The SMILES string of the molecule is CC1CCCC(Nc2ccc(N(C)C)cc2)C1. The van der Waals surface area contributed by atoms with Gasteiger partial charge in [-0.3, -0.25) is 0 Å². The molecular formula is C15H24N2. The van der Waals surface area contributed by atoms with Crippen molar-refractivity contribution in [1.82, 2.24) is 0 Å². The Kier molecular flexibility index (Phi) is 3.93. The molecule has 2 atom stereocenters. The van der Waals surface area contributed by atoms with Gasteiger partial charge in [0, 0.05) is 31.5 Å². The predicted molar refractivity (Wildman–Crippen MR) is 75.8 cm³/mol. The van der Waals surface area contributed by atoms with Gasteiger partial charge in [0.2, 0.25) is 0 Å². The first-order valence-electron chi connectivity index (χ1n) is 6.69. The zero-order chi connectivity index (χ0) is 12.3. The minimum Gasteiger partial charge on any atom is -0.382 e. The molecule has 1 saturated carbocycles. The Morgan fingerprint density at radius 2 is 1.82 bits per heavy atom. The molecule has 0 aromatic heterocycles. The highest BCUT2D eigenvalue weighted by Gasteiger charge is 2.18. The summed E-state index contributed by atoms with van der Waals surface area (Å²) >= 11 is 0. The van der Waals surface area contributed by atoms with E-state index >= 15 is 0 Å². The number of nitrogens with zero attached hydrogens (tertiary/aromatic N) is 1. The third-order valence-corrected chi connectivity index (χ3v) is 3.69. The van der Waals surface area contributed by atoms with E-state index in [9.17, 15) is 0 Å². The van der Waals surface area contributed by atoms with Crippen molar-refractivity contribution >= 4 is 11.4 Å². The Morgan fingerprint density at radius 1 is 1.12 bits per heavy atom. The van der Waals surface area contributed by atoms with E-state index in [1.165, 1.54) is 37.1 Å². The number of hydrogen-bond acceptors (Lipinski definition) is 2. The molecule has 0 amide bonds. The van der Waals surface area contributed by atoms with Gasteiger partial charge in [-0.1, -0.05) is 19.8 Å². The van der Waals surface area contributed by atoms with E-state index in [0.717, 1.165) is 5.92 Å². The van der Waals surface area contributed by atoms with Crippen molar-refractivity contribution < 1.29 is 0 Å². The summed E-state index contributed by atoms with van der Waals surface area (Å²) in [5.41, 5.74) is 2.52. The molecule has 0 heterocycles. The van der Waals surface area contributed by atoms with Crippen LogP contribution in [0.3, 0.4) is 0 Å². The molecule has 2 heteroatoms. The van der Waals surface area contributed by atoms with Crippen LogP contribution in [0.25, 0.3) is 0 Å². The summed E-state index contributed by atoms with van der Waals surface area (Å²) in [5.74, 6) is 0.877. The van der Waals surface area contributed by atoms with Crippen molar-refractivity contribution in [1.29, 1.82) is 0 Å². The van der Waals surface area contributed by atoms with Crippen LogP contribution >= 0.6 is 0 Å². The Hall–Kier alpha value is -1.18. The molecule has 0 aliphatic heterocycles. The second-order valence-corrected chi connectivity index (χ2v) is 5.55. The quantitative estimate of drug-likeness (QED) is 0.854. The maximum atomic E-state index is 3.66. The lowest BCUT2D eigenvalue weighted by molar-refractivity contribution is 0.358. The van der Waals surface area contributed by atoms with Crippen molar-refractivity contribution in [3.05, 3.63) is 24.3 Å². The van der Waals surface area contributed by atoms with Crippen LogP contribution in [0, 0.1) is 5.92 Å². The van der Waals surface area contributed by atoms with Gasteiger partial charge in [-0.05, 0) is 43.0 Å². The summed E-state index contributed by atoms with van der Waals surface area (Å²) in [6, 6.07) is 9.40. The Labute approximate surface area is 105 Å². The van der Waals surface area contributed by atoms with Crippen LogP contribution in [-0.2, 0) is 0 Å². The topological polar surface area (TPSA) is 15.3 Å². The van der Waals surface area contributed by atoms with Crippen molar-refractivity contribution in [3.8, 4) is 0 Å². The monoisotopic (exact) mass is 232 g/mol. The third-order valence-electron chi connectivity index (χ3n) is 3.69. The van der Waals surface area contributed by atoms with E-state index < -0.39 is 0 Å². The van der Waals surface area contributed by atoms with Gasteiger partial charge in [0.15, 0.2) is 0 Å². The van der Waals surface area contributed by atoms with Gasteiger partial charge in [-0.15, -0.1) is 0 Å². The van der Waals surface area contributed by atoms with Crippen LogP contribution in [-0.4, -0.2) is 20.1 Å². The molecule has 0 radical (unpaired) electrons. The fourth-order valence-corrected chi connectivity index (χ4v) is 2.66. The average molecular weight is 232 g/mol. The number of nitrogens with one attached hydrogen (secondary N) is 1. The smallest absolute Gasteiger partial charge is 0.0362 e. The van der Waals surface area contributed by atoms with E-state index in [-0.39, 0.29) is 0 Å². The van der Waals surface area contributed by atoms with E-state index in [1.807, 2.05) is 0 Å². The minimum atomic E-state index is 0.670. The molecule has 0 saturated heterocycles. The zero-order valence-corrected chi connectivity index (χ0v) is 11.2. The molecule has 1 N–H and O–H groups in total. The van der Waals surface area contributed by atoms with Crippen LogP contribution < -0.4 is 10.2 Å². The summed E-state index contributed by atoms with van der Waals surface area (Å²) < 4.78 is 0. The van der Waals surface area contributed by atoms with Crippen LogP contribution in [0.1, 0.15) is 32.6 Å². The lowest BCUT2D eigenvalue weighted by atomic mass is 9.87. The van der Waals surface area contributed by atoms with Crippen LogP contribution in [0.4, 0.5) is 11.4 Å². The van der Waals surface area contributed by atoms with Gasteiger partial charge >= 0.3 is 0 Å². The number of rotatable bonds is 3. The highest BCUT2D eigenvalue weighted by Crippen LogP contribution is 2.26. The lowest BCUT2D eigenvalue weighted by Crippen LogP contribution is -2.26. The highest BCUT2D eigenvalue weighted by molar-refractivity contribution is 5.54. The first-order chi connectivity index (χ1) is 8.15. The standard InChI is InChI=1S/C15H24N2/c1-12-5-4-6-14(11-12)16-13-7-9-15(10-8-13)17(2)3/h7-10,12,14,16H,4-6,11H2,1-3H3. The van der Waals surface area contributed by atoms with Crippen LogP contribution in [0.5, 0.6) is 0 Å². The van der Waals surface area contributed by atoms with E-state index in [4.69, 9.17) is 0 Å². The van der Waals surface area contributed by atoms with Gasteiger partial charge in [-0.2, -0.15) is 0 Å². The summed E-state index contributed by atoms with van der Waals surface area (Å²) in [7, 11) is 4.15. The van der Waals surface area contributed by atoms with Gasteiger partial charge in [0.25, 0.3) is 0 Å². The third kappa shape index (κ3) is 3.39. The summed E-state index contributed by atoms with van der Waals surface area (Å²) in [6.45, 7) is 2.36. The molecule has 0 bridgehead atoms. The lowest BCUT2D eigenvalue weighted by Gasteiger charge is -2.28. The molecule has 2 unspecified atom stereocenters. The summed E-state index contributed by atoms with van der Waals surface area (Å²) in [6.07, 6.45) is 5.40. The second kappa shape index (κ2) is 5.44. The molecular weight excluding hydrogens is 208 g/mol. The Bertz CT molecular complexity index is 342. The average Bonchev–Trinajstić information content (AvgIpc) is 2.29. The Morgan fingerprint density at radius 3 is 2.41 bits per heavy atom. The first-order valence-corrected chi connectivity index (χ1v) is 6.69. The predicted octanol–water partition coefficient (Wildman–Crippen LogP) is 3.74. The maximum Gasteiger partial charge on any atom is 0.0362 e. The number of anilines is 2. The summed E-state index contributed by atoms with van der Waals surface area (Å²) in [4.78, 5) is 2.13. The van der Waals surface area contributed by atoms with E-state index in [2.05, 4.69) is 55.5 Å². The van der Waals surface area contributed by atoms with E-state index in [1.54, 1.807) is 0 Å². The van der Waals surface area contributed by atoms with Crippen molar-refractivity contribution in [2.45, 2.75) is 38.6 Å². The largest absolute Gasteiger partial charge is 0.382 e. The molecule has 1 fully saturated rings. The summed E-state index contributed by atoms with van der Waals surface area (Å²) in [5, 5.41) is 3.66. The van der Waals surface area contributed by atoms with Crippen LogP contribution in [0.15, 0.2) is 24.3 Å². The van der Waals surface area contributed by atoms with Crippen molar-refractivity contribution in [3.63, 3.8) is 0 Å². The normalized spacial score (nSPS) is 24.4. The molecule has 1 aliphatic carbocycles. The molecule has 94 valence electrons. The number of hydrogen-bond donors (Lipinski definition) is 1. The molecule has 1 aromatic rings. The highest BCUT2D eigenvalue weighted by atomic mass is 15.1. The van der Waals surface area contributed by atoms with Gasteiger partial charge in [0.05, 0.1) is 0 Å². The zero-order valence-electron chi connectivity index (χ0n) is 11.2. The maximum absolute atomic E-state index is 3.66. The van der Waals surface area contributed by atoms with E-state index in [0.29, 0.717) is 6.04 Å². The van der Waals surface area contributed by atoms with Crippen molar-refractivity contribution in [2.24, 2.45) is 5.92 Å². The first kappa shape index (κ1) is 12.3. The molecule has 17 heavy (non-hydrogen) atoms. The van der Waals surface area contributed by atoms with Gasteiger partial charge in [0.1, 0.15) is 0 Å². The van der Waals surface area contributed by atoms with Gasteiger partial charge in [-0.25, -0.2) is 0 Å². The molecule has 1 aromatic carbocycles. The van der Waals surface area contributed by atoms with Crippen LogP contribution in [0.2, 0.25) is 0 Å². The fraction of sp³-hybridized carbons (Fsp3) is 0.600. The fourth-order valence-electron chi connectivity index (χ4n) is 2.66. The molecule has 2 rings (SSSR count).